The number of ether oxygens (including phenoxy) is 1. The van der Waals surface area contributed by atoms with Crippen LogP contribution in [0.1, 0.15) is 33.6 Å². The van der Waals surface area contributed by atoms with Gasteiger partial charge in [-0.15, -0.1) is 11.3 Å². The molecule has 3 rings (SSSR count). The van der Waals surface area contributed by atoms with Gasteiger partial charge < -0.3 is 15.8 Å². The molecule has 0 fully saturated rings. The van der Waals surface area contributed by atoms with E-state index in [2.05, 4.69) is 5.32 Å². The van der Waals surface area contributed by atoms with E-state index >= 15 is 0 Å². The predicted octanol–water partition coefficient (Wildman–Crippen LogP) is 2.74. The maximum Gasteiger partial charge on any atom is 0.255 e. The molecule has 0 spiro atoms. The summed E-state index contributed by atoms with van der Waals surface area (Å²) in [5.41, 5.74) is 6.87. The molecule has 120 valence electrons. The van der Waals surface area contributed by atoms with E-state index in [-0.39, 0.29) is 5.91 Å². The molecule has 1 aromatic carbocycles. The first-order valence-corrected chi connectivity index (χ1v) is 8.39. The molecule has 2 amide bonds. The number of nitrogens with two attached hydrogens (primary N) is 1. The summed E-state index contributed by atoms with van der Waals surface area (Å²) in [5, 5.41) is 3.32. The normalized spacial score (nSPS) is 13.0. The molecule has 0 saturated heterocycles. The van der Waals surface area contributed by atoms with Gasteiger partial charge in [0, 0.05) is 11.3 Å². The van der Waals surface area contributed by atoms with Gasteiger partial charge in [-0.05, 0) is 24.8 Å². The summed E-state index contributed by atoms with van der Waals surface area (Å²) in [7, 11) is 0. The molecule has 3 N–H and O–H groups in total. The lowest BCUT2D eigenvalue weighted by Crippen LogP contribution is -2.18. The van der Waals surface area contributed by atoms with E-state index in [4.69, 9.17) is 10.5 Å². The van der Waals surface area contributed by atoms with Gasteiger partial charge in [-0.3, -0.25) is 9.59 Å². The van der Waals surface area contributed by atoms with Crippen LogP contribution in [0.3, 0.4) is 0 Å². The fourth-order valence-corrected chi connectivity index (χ4v) is 3.80. The van der Waals surface area contributed by atoms with Crippen molar-refractivity contribution >= 4 is 28.2 Å². The standard InChI is InChI=1S/C17H18N2O3S/c18-16(21)14-15-12(7-4-10-22-15)23-17(14)19-13(20)9-8-11-5-2-1-3-6-11/h1-3,5-6H,4,7-10H2,(H2,18,21)(H,19,20). The van der Waals surface area contributed by atoms with Gasteiger partial charge in [0.05, 0.1) is 6.61 Å². The number of carbonyl (C=O) groups excluding carboxylic acids is 2. The van der Waals surface area contributed by atoms with E-state index in [1.807, 2.05) is 30.3 Å². The number of hydrogen-bond donors (Lipinski definition) is 2. The summed E-state index contributed by atoms with van der Waals surface area (Å²) in [5.74, 6) is -0.148. The molecule has 2 heterocycles. The highest BCUT2D eigenvalue weighted by Crippen LogP contribution is 2.42. The third kappa shape index (κ3) is 3.53. The number of primary amides is 1. The summed E-state index contributed by atoms with van der Waals surface area (Å²) < 4.78 is 5.57. The Balaban J connectivity index is 1.71. The monoisotopic (exact) mass is 330 g/mol. The summed E-state index contributed by atoms with van der Waals surface area (Å²) >= 11 is 1.38. The van der Waals surface area contributed by atoms with Gasteiger partial charge in [-0.1, -0.05) is 30.3 Å². The van der Waals surface area contributed by atoms with E-state index < -0.39 is 5.91 Å². The molecule has 0 atom stereocenters. The molecule has 6 heteroatoms. The second-order valence-corrected chi connectivity index (χ2v) is 6.51. The SMILES string of the molecule is NC(=O)c1c(NC(=O)CCc2ccccc2)sc2c1OCCC2. The van der Waals surface area contributed by atoms with Crippen LogP contribution in [0.2, 0.25) is 0 Å². The summed E-state index contributed by atoms with van der Waals surface area (Å²) in [4.78, 5) is 24.9. The smallest absolute Gasteiger partial charge is 0.255 e. The number of nitrogens with one attached hydrogen (secondary N) is 1. The van der Waals surface area contributed by atoms with Gasteiger partial charge in [0.1, 0.15) is 16.3 Å². The van der Waals surface area contributed by atoms with Gasteiger partial charge in [-0.2, -0.15) is 0 Å². The lowest BCUT2D eigenvalue weighted by Gasteiger charge is -2.13. The largest absolute Gasteiger partial charge is 0.491 e. The topological polar surface area (TPSA) is 81.4 Å². The molecule has 0 saturated carbocycles. The second-order valence-electron chi connectivity index (χ2n) is 5.41. The van der Waals surface area contributed by atoms with Crippen molar-refractivity contribution in [3.05, 3.63) is 46.3 Å². The number of benzene rings is 1. The maximum atomic E-state index is 12.2. The van der Waals surface area contributed by atoms with Crippen LogP contribution >= 0.6 is 11.3 Å². The summed E-state index contributed by atoms with van der Waals surface area (Å²) in [6, 6.07) is 9.81. The zero-order valence-corrected chi connectivity index (χ0v) is 13.4. The van der Waals surface area contributed by atoms with Crippen LogP contribution in [0.15, 0.2) is 30.3 Å². The molecule has 2 aromatic rings. The van der Waals surface area contributed by atoms with Crippen molar-refractivity contribution < 1.29 is 14.3 Å². The minimum absolute atomic E-state index is 0.130. The van der Waals surface area contributed by atoms with Gasteiger partial charge in [0.25, 0.3) is 5.91 Å². The van der Waals surface area contributed by atoms with Gasteiger partial charge in [0.15, 0.2) is 0 Å². The number of anilines is 1. The molecular weight excluding hydrogens is 312 g/mol. The Labute approximate surface area is 138 Å². The van der Waals surface area contributed by atoms with E-state index in [0.717, 1.165) is 23.3 Å². The molecule has 1 aliphatic heterocycles. The fraction of sp³-hybridized carbons (Fsp3) is 0.294. The Morgan fingerprint density at radius 1 is 1.26 bits per heavy atom. The summed E-state index contributed by atoms with van der Waals surface area (Å²) in [6.45, 7) is 0.575. The molecule has 1 aliphatic rings. The van der Waals surface area contributed by atoms with E-state index in [9.17, 15) is 9.59 Å². The molecule has 5 nitrogen and oxygen atoms in total. The van der Waals surface area contributed by atoms with Crippen molar-refractivity contribution in [3.63, 3.8) is 0 Å². The lowest BCUT2D eigenvalue weighted by atomic mass is 10.1. The van der Waals surface area contributed by atoms with Gasteiger partial charge in [0.2, 0.25) is 5.91 Å². The van der Waals surface area contributed by atoms with Crippen molar-refractivity contribution in [1.29, 1.82) is 0 Å². The van der Waals surface area contributed by atoms with Crippen LogP contribution in [0.5, 0.6) is 5.75 Å². The molecule has 0 unspecified atom stereocenters. The number of rotatable bonds is 5. The van der Waals surface area contributed by atoms with E-state index in [1.54, 1.807) is 0 Å². The van der Waals surface area contributed by atoms with E-state index in [0.29, 0.717) is 35.8 Å². The molecule has 1 aromatic heterocycles. The van der Waals surface area contributed by atoms with Crippen LogP contribution in [0, 0.1) is 0 Å². The zero-order chi connectivity index (χ0) is 16.2. The Morgan fingerprint density at radius 2 is 2.04 bits per heavy atom. The number of fused-ring (bicyclic) bond motifs is 1. The maximum absolute atomic E-state index is 12.2. The van der Waals surface area contributed by atoms with Crippen LogP contribution in [0.4, 0.5) is 5.00 Å². The zero-order valence-electron chi connectivity index (χ0n) is 12.6. The minimum atomic E-state index is -0.567. The van der Waals surface area contributed by atoms with Crippen LogP contribution in [-0.4, -0.2) is 18.4 Å². The molecular formula is C17H18N2O3S. The van der Waals surface area contributed by atoms with Crippen LogP contribution in [0.25, 0.3) is 0 Å². The molecule has 0 radical (unpaired) electrons. The van der Waals surface area contributed by atoms with Crippen molar-refractivity contribution in [2.24, 2.45) is 5.73 Å². The quantitative estimate of drug-likeness (QED) is 0.884. The average molecular weight is 330 g/mol. The summed E-state index contributed by atoms with van der Waals surface area (Å²) in [6.07, 6.45) is 2.76. The number of aryl methyl sites for hydroxylation is 2. The highest BCUT2D eigenvalue weighted by Gasteiger charge is 2.26. The number of carbonyl (C=O) groups is 2. The third-order valence-electron chi connectivity index (χ3n) is 3.71. The lowest BCUT2D eigenvalue weighted by molar-refractivity contribution is -0.116. The van der Waals surface area contributed by atoms with Crippen molar-refractivity contribution in [2.75, 3.05) is 11.9 Å². The molecule has 0 bridgehead atoms. The highest BCUT2D eigenvalue weighted by atomic mass is 32.1. The first-order chi connectivity index (χ1) is 11.1. The Morgan fingerprint density at radius 3 is 2.78 bits per heavy atom. The number of amides is 2. The second kappa shape index (κ2) is 6.83. The third-order valence-corrected chi connectivity index (χ3v) is 4.86. The molecule has 23 heavy (non-hydrogen) atoms. The van der Waals surface area contributed by atoms with Crippen molar-refractivity contribution in [2.45, 2.75) is 25.7 Å². The number of thiophene rings is 1. The van der Waals surface area contributed by atoms with Crippen molar-refractivity contribution in [3.8, 4) is 5.75 Å². The van der Waals surface area contributed by atoms with Crippen LogP contribution in [-0.2, 0) is 17.6 Å². The van der Waals surface area contributed by atoms with E-state index in [1.165, 1.54) is 11.3 Å². The first-order valence-electron chi connectivity index (χ1n) is 7.57. The Hall–Kier alpha value is -2.34. The fourth-order valence-electron chi connectivity index (χ4n) is 2.59. The van der Waals surface area contributed by atoms with Crippen molar-refractivity contribution in [1.82, 2.24) is 0 Å². The van der Waals surface area contributed by atoms with Gasteiger partial charge in [-0.25, -0.2) is 0 Å². The highest BCUT2D eigenvalue weighted by molar-refractivity contribution is 7.17. The molecule has 0 aliphatic carbocycles. The van der Waals surface area contributed by atoms with Crippen LogP contribution < -0.4 is 15.8 Å². The van der Waals surface area contributed by atoms with Gasteiger partial charge >= 0.3 is 0 Å². The Bertz CT molecular complexity index is 725. The predicted molar refractivity (Wildman–Crippen MR) is 90.0 cm³/mol. The minimum Gasteiger partial charge on any atom is -0.491 e. The average Bonchev–Trinajstić information content (AvgIpc) is 2.91. The Kier molecular flexibility index (Phi) is 4.62. The first kappa shape index (κ1) is 15.6. The number of hydrogen-bond acceptors (Lipinski definition) is 4.